The summed E-state index contributed by atoms with van der Waals surface area (Å²) in [7, 11) is -0.643. The molecule has 0 atom stereocenters. The fourth-order valence-corrected chi connectivity index (χ4v) is 3.20. The van der Waals surface area contributed by atoms with Crippen LogP contribution in [0.25, 0.3) is 16.9 Å². The maximum Gasteiger partial charge on any atom is 0.296 e. The first-order valence-electron chi connectivity index (χ1n) is 8.01. The zero-order chi connectivity index (χ0) is 19.6. The zero-order valence-electron chi connectivity index (χ0n) is 15.1. The van der Waals surface area contributed by atoms with Crippen molar-refractivity contribution in [2.45, 2.75) is 6.92 Å². The highest BCUT2D eigenvalue weighted by molar-refractivity contribution is 7.90. The fraction of sp³-hybridized carbons (Fsp3) is 0.167. The second kappa shape index (κ2) is 7.29. The molecule has 142 valence electrons. The van der Waals surface area contributed by atoms with E-state index in [0.717, 1.165) is 22.6 Å². The average molecular weight is 388 g/mol. The van der Waals surface area contributed by atoms with Gasteiger partial charge in [0.2, 0.25) is 0 Å². The molecule has 1 heterocycles. The van der Waals surface area contributed by atoms with Gasteiger partial charge in [0, 0.05) is 11.3 Å². The highest BCUT2D eigenvalue weighted by Gasteiger charge is 2.13. The molecule has 0 aliphatic carbocycles. The van der Waals surface area contributed by atoms with Crippen LogP contribution in [0.4, 0.5) is 5.69 Å². The van der Waals surface area contributed by atoms with Gasteiger partial charge in [-0.15, -0.1) is 0 Å². The fourth-order valence-electron chi connectivity index (χ4n) is 2.73. The van der Waals surface area contributed by atoms with Crippen LogP contribution in [0.1, 0.15) is 5.69 Å². The number of hydrogen-bond donors (Lipinski definition) is 2. The lowest BCUT2D eigenvalue weighted by atomic mass is 10.1. The predicted molar refractivity (Wildman–Crippen MR) is 104 cm³/mol. The monoisotopic (exact) mass is 388 g/mol. The molecule has 8 nitrogen and oxygen atoms in total. The predicted octanol–water partition coefficient (Wildman–Crippen LogP) is 2.48. The second-order valence-corrected chi connectivity index (χ2v) is 7.14. The molecule has 9 heteroatoms. The molecule has 0 aliphatic rings. The first-order chi connectivity index (χ1) is 12.8. The van der Waals surface area contributed by atoms with E-state index in [1.54, 1.807) is 43.2 Å². The molecule has 0 bridgehead atoms. The third-order valence-corrected chi connectivity index (χ3v) is 4.40. The molecular weight excluding hydrogens is 368 g/mol. The van der Waals surface area contributed by atoms with E-state index in [2.05, 4.69) is 9.82 Å². The number of rotatable bonds is 6. The van der Waals surface area contributed by atoms with Crippen molar-refractivity contribution >= 4 is 15.9 Å². The van der Waals surface area contributed by atoms with Gasteiger partial charge in [-0.25, -0.2) is 9.82 Å². The van der Waals surface area contributed by atoms with Gasteiger partial charge >= 0.3 is 0 Å². The third kappa shape index (κ3) is 4.21. The summed E-state index contributed by atoms with van der Waals surface area (Å²) in [6.45, 7) is 1.90. The van der Waals surface area contributed by atoms with E-state index in [0.29, 0.717) is 17.2 Å². The summed E-state index contributed by atoms with van der Waals surface area (Å²) in [5.41, 5.74) is 3.75. The minimum atomic E-state index is -3.81. The number of ether oxygens (including phenoxy) is 2. The Bertz CT molecular complexity index is 1060. The molecule has 0 fully saturated rings. The van der Waals surface area contributed by atoms with Gasteiger partial charge in [0.05, 0.1) is 31.3 Å². The number of aromatic nitrogens is 2. The molecule has 0 spiro atoms. The molecule has 2 aromatic carbocycles. The quantitative estimate of drug-likeness (QED) is 0.674. The van der Waals surface area contributed by atoms with Gasteiger partial charge in [-0.05, 0) is 55.5 Å². The van der Waals surface area contributed by atoms with Crippen LogP contribution in [0.2, 0.25) is 0 Å². The Morgan fingerprint density at radius 1 is 1.00 bits per heavy atom. The van der Waals surface area contributed by atoms with E-state index in [4.69, 9.17) is 14.6 Å². The minimum Gasteiger partial charge on any atom is -0.493 e. The van der Waals surface area contributed by atoms with E-state index in [9.17, 15) is 8.42 Å². The van der Waals surface area contributed by atoms with Crippen LogP contribution in [0.5, 0.6) is 11.5 Å². The average Bonchev–Trinajstić information content (AvgIpc) is 3.02. The van der Waals surface area contributed by atoms with Crippen molar-refractivity contribution in [1.29, 1.82) is 0 Å². The Morgan fingerprint density at radius 3 is 2.26 bits per heavy atom. The summed E-state index contributed by atoms with van der Waals surface area (Å²) in [5.74, 6) is 1.26. The van der Waals surface area contributed by atoms with Crippen LogP contribution in [-0.4, -0.2) is 32.4 Å². The van der Waals surface area contributed by atoms with Gasteiger partial charge < -0.3 is 9.47 Å². The van der Waals surface area contributed by atoms with E-state index >= 15 is 0 Å². The summed E-state index contributed by atoms with van der Waals surface area (Å²) in [5, 5.41) is 9.53. The van der Waals surface area contributed by atoms with Gasteiger partial charge in [-0.3, -0.25) is 4.72 Å². The summed E-state index contributed by atoms with van der Waals surface area (Å²) >= 11 is 0. The number of anilines is 1. The number of aryl methyl sites for hydroxylation is 1. The largest absolute Gasteiger partial charge is 0.493 e. The van der Waals surface area contributed by atoms with E-state index in [-0.39, 0.29) is 0 Å². The van der Waals surface area contributed by atoms with E-state index in [1.807, 2.05) is 31.2 Å². The van der Waals surface area contributed by atoms with E-state index in [1.165, 1.54) is 0 Å². The maximum atomic E-state index is 11.1. The Balaban J connectivity index is 2.02. The topological polar surface area (TPSA) is 108 Å². The Kier molecular flexibility index (Phi) is 5.06. The molecule has 3 aromatic rings. The van der Waals surface area contributed by atoms with Crippen molar-refractivity contribution in [1.82, 2.24) is 9.78 Å². The molecule has 1 aromatic heterocycles. The Hall–Kier alpha value is -3.04. The van der Waals surface area contributed by atoms with Crippen molar-refractivity contribution < 1.29 is 17.9 Å². The Labute approximate surface area is 157 Å². The van der Waals surface area contributed by atoms with Crippen LogP contribution in [0.3, 0.4) is 0 Å². The second-order valence-electron chi connectivity index (χ2n) is 5.85. The van der Waals surface area contributed by atoms with Gasteiger partial charge in [0.1, 0.15) is 0 Å². The normalized spacial score (nSPS) is 11.3. The molecule has 0 radical (unpaired) electrons. The van der Waals surface area contributed by atoms with Crippen molar-refractivity contribution in [2.24, 2.45) is 5.14 Å². The zero-order valence-corrected chi connectivity index (χ0v) is 15.9. The molecule has 0 amide bonds. The maximum absolute atomic E-state index is 11.1. The van der Waals surface area contributed by atoms with Crippen molar-refractivity contribution in [3.63, 3.8) is 0 Å². The smallest absolute Gasteiger partial charge is 0.296 e. The molecular formula is C18H20N4O4S. The third-order valence-electron chi connectivity index (χ3n) is 3.88. The van der Waals surface area contributed by atoms with Gasteiger partial charge in [-0.1, -0.05) is 0 Å². The SMILES string of the molecule is COc1ccc(-c2cc(C)nn2-c2ccc(NS(N)(=O)=O)cc2)cc1OC. The molecule has 3 N–H and O–H groups in total. The number of methoxy groups -OCH3 is 2. The van der Waals surface area contributed by atoms with Crippen LogP contribution >= 0.6 is 0 Å². The number of nitrogens with one attached hydrogen (secondary N) is 1. The lowest BCUT2D eigenvalue weighted by Crippen LogP contribution is -2.21. The molecule has 0 saturated carbocycles. The first-order valence-corrected chi connectivity index (χ1v) is 9.55. The summed E-state index contributed by atoms with van der Waals surface area (Å²) in [6.07, 6.45) is 0. The Morgan fingerprint density at radius 2 is 1.67 bits per heavy atom. The van der Waals surface area contributed by atoms with Gasteiger partial charge in [-0.2, -0.15) is 13.5 Å². The number of hydrogen-bond acceptors (Lipinski definition) is 5. The van der Waals surface area contributed by atoms with Gasteiger partial charge in [0.25, 0.3) is 10.2 Å². The number of nitrogens with two attached hydrogens (primary N) is 1. The highest BCUT2D eigenvalue weighted by Crippen LogP contribution is 2.33. The van der Waals surface area contributed by atoms with Crippen LogP contribution in [0.15, 0.2) is 48.5 Å². The first kappa shape index (κ1) is 18.7. The lowest BCUT2D eigenvalue weighted by molar-refractivity contribution is 0.355. The van der Waals surface area contributed by atoms with Crippen LogP contribution in [-0.2, 0) is 10.2 Å². The number of benzene rings is 2. The summed E-state index contributed by atoms with van der Waals surface area (Å²) in [4.78, 5) is 0. The van der Waals surface area contributed by atoms with Crippen molar-refractivity contribution in [3.05, 3.63) is 54.2 Å². The van der Waals surface area contributed by atoms with E-state index < -0.39 is 10.2 Å². The van der Waals surface area contributed by atoms with Crippen molar-refractivity contribution in [3.8, 4) is 28.4 Å². The molecule has 3 rings (SSSR count). The molecule has 0 saturated heterocycles. The van der Waals surface area contributed by atoms with Crippen LogP contribution < -0.4 is 19.3 Å². The minimum absolute atomic E-state index is 0.373. The molecule has 0 unspecified atom stereocenters. The lowest BCUT2D eigenvalue weighted by Gasteiger charge is -2.12. The highest BCUT2D eigenvalue weighted by atomic mass is 32.2. The molecule has 27 heavy (non-hydrogen) atoms. The van der Waals surface area contributed by atoms with Crippen molar-refractivity contribution in [2.75, 3.05) is 18.9 Å². The summed E-state index contributed by atoms with van der Waals surface area (Å²) < 4.78 is 36.9. The van der Waals surface area contributed by atoms with Crippen LogP contribution in [0, 0.1) is 6.92 Å². The molecule has 0 aliphatic heterocycles. The standard InChI is InChI=1S/C18H20N4O4S/c1-12-10-16(13-4-9-17(25-2)18(11-13)26-3)22(20-12)15-7-5-14(6-8-15)21-27(19,23)24/h4-11,21H,1-3H3,(H2,19,23,24). The summed E-state index contributed by atoms with van der Waals surface area (Å²) in [6, 6.07) is 14.3. The number of nitrogens with zero attached hydrogens (tertiary/aromatic N) is 2. The van der Waals surface area contributed by atoms with Gasteiger partial charge in [0.15, 0.2) is 11.5 Å².